The molecule has 1 aromatic heterocycles. The molecule has 0 radical (unpaired) electrons. The summed E-state index contributed by atoms with van der Waals surface area (Å²) < 4.78 is 0. The number of likely N-dealkylation sites (tertiary alicyclic amines) is 1. The van der Waals surface area contributed by atoms with E-state index in [2.05, 4.69) is 4.98 Å². The summed E-state index contributed by atoms with van der Waals surface area (Å²) in [5, 5.41) is 9.06. The standard InChI is InChI=1S/C12H16N2O2/c1-9(11-3-2-4-13-6-11)14-7-10(8-15)5-12(14)16/h2-4,6,9-10,15H,5,7-8H2,1H3. The zero-order chi connectivity index (χ0) is 11.5. The van der Waals surface area contributed by atoms with Crippen LogP contribution in [0.4, 0.5) is 0 Å². The summed E-state index contributed by atoms with van der Waals surface area (Å²) in [6.07, 6.45) is 3.96. The van der Waals surface area contributed by atoms with Gasteiger partial charge in [0.05, 0.1) is 6.04 Å². The molecule has 0 bridgehead atoms. The fourth-order valence-corrected chi connectivity index (χ4v) is 2.11. The van der Waals surface area contributed by atoms with Crippen LogP contribution < -0.4 is 0 Å². The van der Waals surface area contributed by atoms with Crippen LogP contribution in [-0.2, 0) is 4.79 Å². The zero-order valence-corrected chi connectivity index (χ0v) is 9.34. The number of carbonyl (C=O) groups excluding carboxylic acids is 1. The van der Waals surface area contributed by atoms with Gasteiger partial charge >= 0.3 is 0 Å². The summed E-state index contributed by atoms with van der Waals surface area (Å²) in [7, 11) is 0. The molecule has 1 amide bonds. The van der Waals surface area contributed by atoms with Crippen LogP contribution >= 0.6 is 0 Å². The molecule has 1 saturated heterocycles. The third-order valence-corrected chi connectivity index (χ3v) is 3.13. The van der Waals surface area contributed by atoms with Gasteiger partial charge in [0.1, 0.15) is 0 Å². The van der Waals surface area contributed by atoms with Gasteiger partial charge in [-0.15, -0.1) is 0 Å². The third kappa shape index (κ3) is 2.07. The lowest BCUT2D eigenvalue weighted by atomic mass is 10.1. The Morgan fingerprint density at radius 1 is 1.69 bits per heavy atom. The highest BCUT2D eigenvalue weighted by molar-refractivity contribution is 5.79. The van der Waals surface area contributed by atoms with Crippen molar-refractivity contribution in [3.8, 4) is 0 Å². The maximum atomic E-state index is 11.8. The first-order valence-electron chi connectivity index (χ1n) is 5.52. The molecule has 86 valence electrons. The fourth-order valence-electron chi connectivity index (χ4n) is 2.11. The Bertz CT molecular complexity index is 367. The Balaban J connectivity index is 2.11. The number of aromatic nitrogens is 1. The Morgan fingerprint density at radius 2 is 2.50 bits per heavy atom. The summed E-state index contributed by atoms with van der Waals surface area (Å²) in [4.78, 5) is 17.6. The summed E-state index contributed by atoms with van der Waals surface area (Å²) in [5.74, 6) is 0.210. The lowest BCUT2D eigenvalue weighted by molar-refractivity contribution is -0.129. The van der Waals surface area contributed by atoms with Gasteiger partial charge in [-0.3, -0.25) is 9.78 Å². The van der Waals surface area contributed by atoms with Gasteiger partial charge in [-0.25, -0.2) is 0 Å². The van der Waals surface area contributed by atoms with Gasteiger partial charge in [-0.05, 0) is 18.6 Å². The van der Waals surface area contributed by atoms with Crippen molar-refractivity contribution in [3.05, 3.63) is 30.1 Å². The Kier molecular flexibility index (Phi) is 3.19. The Hall–Kier alpha value is -1.42. The average molecular weight is 220 g/mol. The maximum Gasteiger partial charge on any atom is 0.223 e. The number of aliphatic hydroxyl groups excluding tert-OH is 1. The molecular formula is C12H16N2O2. The molecule has 2 atom stereocenters. The fraction of sp³-hybridized carbons (Fsp3) is 0.500. The van der Waals surface area contributed by atoms with Gasteiger partial charge in [0.2, 0.25) is 5.91 Å². The quantitative estimate of drug-likeness (QED) is 0.826. The minimum atomic E-state index is 0.0396. The molecular weight excluding hydrogens is 204 g/mol. The molecule has 0 aromatic carbocycles. The van der Waals surface area contributed by atoms with E-state index in [1.807, 2.05) is 24.0 Å². The van der Waals surface area contributed by atoms with E-state index in [1.54, 1.807) is 12.4 Å². The molecule has 4 heteroatoms. The summed E-state index contributed by atoms with van der Waals surface area (Å²) in [5.41, 5.74) is 1.04. The number of carbonyl (C=O) groups is 1. The minimum Gasteiger partial charge on any atom is -0.396 e. The van der Waals surface area contributed by atoms with Gasteiger partial charge in [0.15, 0.2) is 0 Å². The van der Waals surface area contributed by atoms with E-state index in [-0.39, 0.29) is 24.5 Å². The zero-order valence-electron chi connectivity index (χ0n) is 9.34. The maximum absolute atomic E-state index is 11.8. The number of amides is 1. The first kappa shape index (κ1) is 11.1. The second kappa shape index (κ2) is 4.61. The molecule has 0 spiro atoms. The van der Waals surface area contributed by atoms with Crippen molar-refractivity contribution in [2.24, 2.45) is 5.92 Å². The van der Waals surface area contributed by atoms with Gasteiger partial charge in [-0.1, -0.05) is 6.07 Å². The second-order valence-corrected chi connectivity index (χ2v) is 4.26. The van der Waals surface area contributed by atoms with Gasteiger partial charge in [0, 0.05) is 37.9 Å². The van der Waals surface area contributed by atoms with Crippen LogP contribution in [0.15, 0.2) is 24.5 Å². The Labute approximate surface area is 94.9 Å². The summed E-state index contributed by atoms with van der Waals surface area (Å²) >= 11 is 0. The first-order chi connectivity index (χ1) is 7.72. The van der Waals surface area contributed by atoms with Crippen LogP contribution in [0.3, 0.4) is 0 Å². The third-order valence-electron chi connectivity index (χ3n) is 3.13. The lowest BCUT2D eigenvalue weighted by Gasteiger charge is -2.24. The molecule has 2 heterocycles. The molecule has 0 aliphatic carbocycles. The number of nitrogens with zero attached hydrogens (tertiary/aromatic N) is 2. The van der Waals surface area contributed by atoms with E-state index in [4.69, 9.17) is 5.11 Å². The number of rotatable bonds is 3. The minimum absolute atomic E-state index is 0.0396. The van der Waals surface area contributed by atoms with Crippen LogP contribution in [-0.4, -0.2) is 34.0 Å². The van der Waals surface area contributed by atoms with Gasteiger partial charge in [-0.2, -0.15) is 0 Å². The molecule has 0 saturated carbocycles. The molecule has 1 N–H and O–H groups in total. The highest BCUT2D eigenvalue weighted by Gasteiger charge is 2.32. The van der Waals surface area contributed by atoms with E-state index < -0.39 is 0 Å². The molecule has 4 nitrogen and oxygen atoms in total. The average Bonchev–Trinajstić information content (AvgIpc) is 2.71. The van der Waals surface area contributed by atoms with E-state index >= 15 is 0 Å². The van der Waals surface area contributed by atoms with Crippen molar-refractivity contribution in [2.75, 3.05) is 13.2 Å². The molecule has 1 aromatic rings. The highest BCUT2D eigenvalue weighted by atomic mass is 16.3. The van der Waals surface area contributed by atoms with Crippen molar-refractivity contribution >= 4 is 5.91 Å². The summed E-state index contributed by atoms with van der Waals surface area (Å²) in [6, 6.07) is 3.88. The molecule has 2 unspecified atom stereocenters. The summed E-state index contributed by atoms with van der Waals surface area (Å²) in [6.45, 7) is 2.72. The van der Waals surface area contributed by atoms with Gasteiger partial charge < -0.3 is 10.0 Å². The van der Waals surface area contributed by atoms with Crippen LogP contribution in [0.1, 0.15) is 24.9 Å². The van der Waals surface area contributed by atoms with E-state index in [0.717, 1.165) is 5.56 Å². The highest BCUT2D eigenvalue weighted by Crippen LogP contribution is 2.27. The number of hydrogen-bond acceptors (Lipinski definition) is 3. The van der Waals surface area contributed by atoms with Crippen molar-refractivity contribution in [3.63, 3.8) is 0 Å². The van der Waals surface area contributed by atoms with Crippen LogP contribution in [0.25, 0.3) is 0 Å². The first-order valence-corrected chi connectivity index (χ1v) is 5.52. The SMILES string of the molecule is CC(c1cccnc1)N1CC(CO)CC1=O. The monoisotopic (exact) mass is 220 g/mol. The largest absolute Gasteiger partial charge is 0.396 e. The van der Waals surface area contributed by atoms with Crippen LogP contribution in [0.5, 0.6) is 0 Å². The predicted molar refractivity (Wildman–Crippen MR) is 59.6 cm³/mol. The molecule has 1 fully saturated rings. The molecule has 16 heavy (non-hydrogen) atoms. The van der Waals surface area contributed by atoms with Crippen molar-refractivity contribution in [1.82, 2.24) is 9.88 Å². The molecule has 1 aliphatic rings. The van der Waals surface area contributed by atoms with Crippen LogP contribution in [0.2, 0.25) is 0 Å². The van der Waals surface area contributed by atoms with E-state index in [0.29, 0.717) is 13.0 Å². The lowest BCUT2D eigenvalue weighted by Crippen LogP contribution is -2.28. The van der Waals surface area contributed by atoms with Crippen molar-refractivity contribution in [2.45, 2.75) is 19.4 Å². The predicted octanol–water partition coefficient (Wildman–Crippen LogP) is 0.983. The molecule has 2 rings (SSSR count). The van der Waals surface area contributed by atoms with Gasteiger partial charge in [0.25, 0.3) is 0 Å². The Morgan fingerprint density at radius 3 is 3.06 bits per heavy atom. The van der Waals surface area contributed by atoms with Crippen LogP contribution in [0, 0.1) is 5.92 Å². The number of pyridine rings is 1. The van der Waals surface area contributed by atoms with E-state index in [9.17, 15) is 4.79 Å². The van der Waals surface area contributed by atoms with Crippen molar-refractivity contribution in [1.29, 1.82) is 0 Å². The second-order valence-electron chi connectivity index (χ2n) is 4.26. The smallest absolute Gasteiger partial charge is 0.223 e. The van der Waals surface area contributed by atoms with Crippen molar-refractivity contribution < 1.29 is 9.90 Å². The topological polar surface area (TPSA) is 53.4 Å². The number of aliphatic hydroxyl groups is 1. The normalized spacial score (nSPS) is 22.5. The number of hydrogen-bond donors (Lipinski definition) is 1. The molecule has 1 aliphatic heterocycles. The van der Waals surface area contributed by atoms with E-state index in [1.165, 1.54) is 0 Å².